The van der Waals surface area contributed by atoms with Crippen LogP contribution in [0.2, 0.25) is 0 Å². The Morgan fingerprint density at radius 1 is 1.21 bits per heavy atom. The summed E-state index contributed by atoms with van der Waals surface area (Å²) in [6.45, 7) is 6.52. The molecule has 2 rings (SSSR count). The average molecular weight is 258 g/mol. The van der Waals surface area contributed by atoms with E-state index in [1.54, 1.807) is 0 Å². The van der Waals surface area contributed by atoms with Crippen LogP contribution in [0.5, 0.6) is 0 Å². The third kappa shape index (κ3) is 4.23. The third-order valence-corrected chi connectivity index (χ3v) is 3.14. The van der Waals surface area contributed by atoms with Gasteiger partial charge in [0.1, 0.15) is 6.73 Å². The van der Waals surface area contributed by atoms with Gasteiger partial charge in [0, 0.05) is 18.4 Å². The van der Waals surface area contributed by atoms with E-state index < -0.39 is 0 Å². The number of ether oxygens (including phenoxy) is 1. The SMILES string of the molecule is CCNC(C)c1ccn(COCc2ccccc2)c1. The second-order valence-electron chi connectivity index (χ2n) is 4.70. The van der Waals surface area contributed by atoms with Crippen molar-refractivity contribution in [3.8, 4) is 0 Å². The Labute approximate surface area is 115 Å². The number of aromatic nitrogens is 1. The number of hydrogen-bond donors (Lipinski definition) is 1. The Bertz CT molecular complexity index is 479. The zero-order valence-corrected chi connectivity index (χ0v) is 11.7. The first-order valence-electron chi connectivity index (χ1n) is 6.80. The van der Waals surface area contributed by atoms with E-state index >= 15 is 0 Å². The number of rotatable bonds is 7. The molecule has 1 aromatic heterocycles. The van der Waals surface area contributed by atoms with Crippen LogP contribution in [0.3, 0.4) is 0 Å². The fraction of sp³-hybridized carbons (Fsp3) is 0.375. The summed E-state index contributed by atoms with van der Waals surface area (Å²) in [7, 11) is 0. The first kappa shape index (κ1) is 13.8. The van der Waals surface area contributed by atoms with Crippen LogP contribution >= 0.6 is 0 Å². The summed E-state index contributed by atoms with van der Waals surface area (Å²) in [4.78, 5) is 0. The van der Waals surface area contributed by atoms with E-state index in [0.717, 1.165) is 6.54 Å². The normalized spacial score (nSPS) is 12.5. The molecule has 0 aliphatic carbocycles. The summed E-state index contributed by atoms with van der Waals surface area (Å²) in [6.07, 6.45) is 4.20. The van der Waals surface area contributed by atoms with Crippen LogP contribution in [0.4, 0.5) is 0 Å². The van der Waals surface area contributed by atoms with E-state index in [1.165, 1.54) is 11.1 Å². The molecule has 0 spiro atoms. The molecule has 3 nitrogen and oxygen atoms in total. The zero-order valence-electron chi connectivity index (χ0n) is 11.7. The van der Waals surface area contributed by atoms with Gasteiger partial charge < -0.3 is 14.6 Å². The maximum atomic E-state index is 5.70. The van der Waals surface area contributed by atoms with Gasteiger partial charge in [-0.05, 0) is 30.7 Å². The molecule has 1 heterocycles. The van der Waals surface area contributed by atoms with Crippen molar-refractivity contribution in [3.05, 3.63) is 59.9 Å². The molecule has 19 heavy (non-hydrogen) atoms. The molecule has 1 aromatic carbocycles. The highest BCUT2D eigenvalue weighted by Crippen LogP contribution is 2.12. The lowest BCUT2D eigenvalue weighted by atomic mass is 10.2. The first-order chi connectivity index (χ1) is 9.29. The molecule has 0 amide bonds. The minimum absolute atomic E-state index is 0.389. The predicted molar refractivity (Wildman–Crippen MR) is 77.8 cm³/mol. The van der Waals surface area contributed by atoms with E-state index in [1.807, 2.05) is 18.2 Å². The molecule has 0 radical (unpaired) electrons. The molecule has 3 heteroatoms. The minimum atomic E-state index is 0.389. The standard InChI is InChI=1S/C16H22N2O/c1-3-17-14(2)16-9-10-18(11-16)13-19-12-15-7-5-4-6-8-15/h4-11,14,17H,3,12-13H2,1-2H3. The van der Waals surface area contributed by atoms with Crippen molar-refractivity contribution in [1.82, 2.24) is 9.88 Å². The van der Waals surface area contributed by atoms with Gasteiger partial charge in [-0.25, -0.2) is 0 Å². The molecular formula is C16H22N2O. The number of nitrogens with zero attached hydrogens (tertiary/aromatic N) is 1. The summed E-state index contributed by atoms with van der Waals surface area (Å²) in [6, 6.07) is 12.8. The lowest BCUT2D eigenvalue weighted by molar-refractivity contribution is 0.0641. The minimum Gasteiger partial charge on any atom is -0.356 e. The van der Waals surface area contributed by atoms with Crippen molar-refractivity contribution >= 4 is 0 Å². The lowest BCUT2D eigenvalue weighted by Gasteiger charge is -2.10. The topological polar surface area (TPSA) is 26.2 Å². The van der Waals surface area contributed by atoms with E-state index in [4.69, 9.17) is 4.74 Å². The molecule has 0 fully saturated rings. The molecular weight excluding hydrogens is 236 g/mol. The van der Waals surface area contributed by atoms with Crippen molar-refractivity contribution in [2.75, 3.05) is 6.54 Å². The van der Waals surface area contributed by atoms with Gasteiger partial charge in [0.05, 0.1) is 6.61 Å². The molecule has 0 aliphatic rings. The molecule has 1 atom stereocenters. The highest BCUT2D eigenvalue weighted by Gasteiger charge is 2.05. The van der Waals surface area contributed by atoms with Gasteiger partial charge in [0.2, 0.25) is 0 Å². The number of hydrogen-bond acceptors (Lipinski definition) is 2. The van der Waals surface area contributed by atoms with Crippen molar-refractivity contribution in [1.29, 1.82) is 0 Å². The molecule has 0 saturated heterocycles. The van der Waals surface area contributed by atoms with Crippen LogP contribution in [-0.2, 0) is 18.1 Å². The average Bonchev–Trinajstić information content (AvgIpc) is 2.89. The van der Waals surface area contributed by atoms with E-state index in [-0.39, 0.29) is 0 Å². The molecule has 0 bridgehead atoms. The molecule has 1 unspecified atom stereocenters. The molecule has 2 aromatic rings. The van der Waals surface area contributed by atoms with Crippen molar-refractivity contribution in [2.45, 2.75) is 33.2 Å². The van der Waals surface area contributed by atoms with Crippen LogP contribution < -0.4 is 5.32 Å². The van der Waals surface area contributed by atoms with Gasteiger partial charge in [0.25, 0.3) is 0 Å². The van der Waals surface area contributed by atoms with E-state index in [9.17, 15) is 0 Å². The largest absolute Gasteiger partial charge is 0.356 e. The number of nitrogens with one attached hydrogen (secondary N) is 1. The highest BCUT2D eigenvalue weighted by atomic mass is 16.5. The Morgan fingerprint density at radius 3 is 2.74 bits per heavy atom. The van der Waals surface area contributed by atoms with E-state index in [2.05, 4.69) is 54.3 Å². The Balaban J connectivity index is 1.80. The van der Waals surface area contributed by atoms with Crippen LogP contribution in [0, 0.1) is 0 Å². The molecule has 0 aliphatic heterocycles. The molecule has 0 saturated carbocycles. The third-order valence-electron chi connectivity index (χ3n) is 3.14. The Kier molecular flexibility index (Phi) is 5.19. The maximum absolute atomic E-state index is 5.70. The highest BCUT2D eigenvalue weighted by molar-refractivity contribution is 5.15. The number of benzene rings is 1. The van der Waals surface area contributed by atoms with Gasteiger partial charge in [-0.2, -0.15) is 0 Å². The van der Waals surface area contributed by atoms with Crippen molar-refractivity contribution in [3.63, 3.8) is 0 Å². The lowest BCUT2D eigenvalue weighted by Crippen LogP contribution is -2.17. The van der Waals surface area contributed by atoms with Crippen LogP contribution in [-0.4, -0.2) is 11.1 Å². The summed E-state index contributed by atoms with van der Waals surface area (Å²) >= 11 is 0. The predicted octanol–water partition coefficient (Wildman–Crippen LogP) is 3.33. The second-order valence-corrected chi connectivity index (χ2v) is 4.70. The van der Waals surface area contributed by atoms with Gasteiger partial charge in [0.15, 0.2) is 0 Å². The summed E-state index contributed by atoms with van der Waals surface area (Å²) in [5, 5.41) is 3.40. The summed E-state index contributed by atoms with van der Waals surface area (Å²) < 4.78 is 7.78. The van der Waals surface area contributed by atoms with Gasteiger partial charge in [-0.3, -0.25) is 0 Å². The Morgan fingerprint density at radius 2 is 2.00 bits per heavy atom. The summed E-state index contributed by atoms with van der Waals surface area (Å²) in [5.74, 6) is 0. The van der Waals surface area contributed by atoms with Crippen LogP contribution in [0.15, 0.2) is 48.8 Å². The van der Waals surface area contributed by atoms with Gasteiger partial charge in [-0.15, -0.1) is 0 Å². The van der Waals surface area contributed by atoms with Gasteiger partial charge >= 0.3 is 0 Å². The fourth-order valence-electron chi connectivity index (χ4n) is 2.06. The van der Waals surface area contributed by atoms with Gasteiger partial charge in [-0.1, -0.05) is 37.3 Å². The summed E-state index contributed by atoms with van der Waals surface area (Å²) in [5.41, 5.74) is 2.50. The Hall–Kier alpha value is -1.58. The van der Waals surface area contributed by atoms with Crippen molar-refractivity contribution in [2.24, 2.45) is 0 Å². The molecule has 1 N–H and O–H groups in total. The smallest absolute Gasteiger partial charge is 0.122 e. The quantitative estimate of drug-likeness (QED) is 0.824. The monoisotopic (exact) mass is 258 g/mol. The second kappa shape index (κ2) is 7.12. The maximum Gasteiger partial charge on any atom is 0.122 e. The molecule has 102 valence electrons. The van der Waals surface area contributed by atoms with Crippen LogP contribution in [0.1, 0.15) is 31.0 Å². The van der Waals surface area contributed by atoms with Crippen LogP contribution in [0.25, 0.3) is 0 Å². The van der Waals surface area contributed by atoms with E-state index in [0.29, 0.717) is 19.4 Å². The van der Waals surface area contributed by atoms with Crippen molar-refractivity contribution < 1.29 is 4.74 Å². The first-order valence-corrected chi connectivity index (χ1v) is 6.80. The zero-order chi connectivity index (χ0) is 13.5. The fourth-order valence-corrected chi connectivity index (χ4v) is 2.06.